The summed E-state index contributed by atoms with van der Waals surface area (Å²) in [5.41, 5.74) is -1.73. The number of halogens is 8. The van der Waals surface area contributed by atoms with Gasteiger partial charge in [0.1, 0.15) is 22.9 Å². The molecular weight excluding hydrogens is 488 g/mol. The molecule has 11 heteroatoms. The lowest BCUT2D eigenvalue weighted by molar-refractivity contribution is -0.275. The molecule has 0 aliphatic carbocycles. The van der Waals surface area contributed by atoms with Crippen LogP contribution in [0.1, 0.15) is 30.9 Å². The third-order valence-corrected chi connectivity index (χ3v) is 4.93. The van der Waals surface area contributed by atoms with Crippen molar-refractivity contribution in [3.8, 4) is 28.4 Å². The molecule has 188 valence electrons. The van der Waals surface area contributed by atoms with Gasteiger partial charge in [0, 0.05) is 12.1 Å². The van der Waals surface area contributed by atoms with Crippen molar-refractivity contribution < 1.29 is 49.7 Å². The standard InChI is InChI=1S/C24H18F8O3/c1-2-3-4-13-5-7-14(8-6-13)20-18(33)12-17(26)21(22(20)27)23(28,29)34-15-9-10-19(16(25)11-15)35-24(30,31)32/h5-12,33H,2-4H2,1H3. The Morgan fingerprint density at radius 3 is 2.06 bits per heavy atom. The predicted molar refractivity (Wildman–Crippen MR) is 110 cm³/mol. The van der Waals surface area contributed by atoms with E-state index < -0.39 is 58.3 Å². The fourth-order valence-electron chi connectivity index (χ4n) is 3.32. The number of aryl methyl sites for hydroxylation is 1. The highest BCUT2D eigenvalue weighted by Gasteiger charge is 2.43. The second-order valence-electron chi connectivity index (χ2n) is 7.50. The Morgan fingerprint density at radius 1 is 0.829 bits per heavy atom. The second-order valence-corrected chi connectivity index (χ2v) is 7.50. The first-order valence-corrected chi connectivity index (χ1v) is 10.2. The van der Waals surface area contributed by atoms with Gasteiger partial charge in [-0.1, -0.05) is 37.6 Å². The van der Waals surface area contributed by atoms with Crippen LogP contribution in [0.15, 0.2) is 48.5 Å². The smallest absolute Gasteiger partial charge is 0.507 e. The van der Waals surface area contributed by atoms with Crippen molar-refractivity contribution in [3.63, 3.8) is 0 Å². The molecule has 35 heavy (non-hydrogen) atoms. The van der Waals surface area contributed by atoms with E-state index in [1.807, 2.05) is 6.92 Å². The summed E-state index contributed by atoms with van der Waals surface area (Å²) in [5.74, 6) is -8.68. The quantitative estimate of drug-likeness (QED) is 0.316. The number of hydrogen-bond donors (Lipinski definition) is 1. The van der Waals surface area contributed by atoms with E-state index in [9.17, 15) is 35.8 Å². The van der Waals surface area contributed by atoms with Crippen LogP contribution in [0, 0.1) is 17.5 Å². The minimum Gasteiger partial charge on any atom is -0.507 e. The minimum atomic E-state index is -5.24. The molecule has 0 saturated carbocycles. The van der Waals surface area contributed by atoms with Crippen molar-refractivity contribution in [3.05, 3.63) is 77.1 Å². The summed E-state index contributed by atoms with van der Waals surface area (Å²) in [6.07, 6.45) is -7.45. The van der Waals surface area contributed by atoms with Gasteiger partial charge < -0.3 is 14.6 Å². The van der Waals surface area contributed by atoms with Crippen molar-refractivity contribution >= 4 is 0 Å². The van der Waals surface area contributed by atoms with Crippen molar-refractivity contribution in [1.82, 2.24) is 0 Å². The van der Waals surface area contributed by atoms with Crippen LogP contribution >= 0.6 is 0 Å². The van der Waals surface area contributed by atoms with Crippen LogP contribution in [0.3, 0.4) is 0 Å². The highest BCUT2D eigenvalue weighted by Crippen LogP contribution is 2.42. The Morgan fingerprint density at radius 2 is 1.49 bits per heavy atom. The van der Waals surface area contributed by atoms with E-state index in [0.29, 0.717) is 12.1 Å². The van der Waals surface area contributed by atoms with Gasteiger partial charge in [-0.3, -0.25) is 0 Å². The normalized spacial score (nSPS) is 12.0. The van der Waals surface area contributed by atoms with E-state index in [1.54, 1.807) is 12.1 Å². The van der Waals surface area contributed by atoms with Crippen LogP contribution in [-0.4, -0.2) is 11.5 Å². The molecule has 0 spiro atoms. The molecular formula is C24H18F8O3. The second kappa shape index (κ2) is 10.0. The number of phenols is 1. The van der Waals surface area contributed by atoms with Crippen LogP contribution in [0.2, 0.25) is 0 Å². The average Bonchev–Trinajstić information content (AvgIpc) is 2.73. The first kappa shape index (κ1) is 26.1. The van der Waals surface area contributed by atoms with E-state index in [0.717, 1.165) is 24.8 Å². The lowest BCUT2D eigenvalue weighted by Gasteiger charge is -2.21. The van der Waals surface area contributed by atoms with Crippen LogP contribution in [0.5, 0.6) is 17.2 Å². The van der Waals surface area contributed by atoms with Crippen molar-refractivity contribution in [2.24, 2.45) is 0 Å². The van der Waals surface area contributed by atoms with Crippen LogP contribution < -0.4 is 9.47 Å². The van der Waals surface area contributed by atoms with Gasteiger partial charge >= 0.3 is 12.5 Å². The molecule has 0 amide bonds. The fourth-order valence-corrected chi connectivity index (χ4v) is 3.32. The Bertz CT molecular complexity index is 1190. The van der Waals surface area contributed by atoms with Crippen molar-refractivity contribution in [2.75, 3.05) is 0 Å². The van der Waals surface area contributed by atoms with E-state index in [4.69, 9.17) is 0 Å². The van der Waals surface area contributed by atoms with Crippen LogP contribution in [-0.2, 0) is 12.5 Å². The Balaban J connectivity index is 1.96. The number of benzene rings is 3. The Hall–Kier alpha value is -3.50. The third kappa shape index (κ3) is 6.14. The molecule has 0 aliphatic rings. The van der Waals surface area contributed by atoms with E-state index >= 15 is 4.39 Å². The molecule has 0 atom stereocenters. The lowest BCUT2D eigenvalue weighted by Crippen LogP contribution is -2.25. The van der Waals surface area contributed by atoms with Gasteiger partial charge in [0.25, 0.3) is 0 Å². The summed E-state index contributed by atoms with van der Waals surface area (Å²) in [7, 11) is 0. The summed E-state index contributed by atoms with van der Waals surface area (Å²) in [6, 6.07) is 7.24. The maximum Gasteiger partial charge on any atom is 0.573 e. The molecule has 0 heterocycles. The van der Waals surface area contributed by atoms with E-state index in [2.05, 4.69) is 9.47 Å². The predicted octanol–water partition coefficient (Wildman–Crippen LogP) is 7.85. The summed E-state index contributed by atoms with van der Waals surface area (Å²) in [6.45, 7) is 1.99. The van der Waals surface area contributed by atoms with Gasteiger partial charge in [-0.15, -0.1) is 13.2 Å². The average molecular weight is 506 g/mol. The maximum atomic E-state index is 15.1. The first-order valence-electron chi connectivity index (χ1n) is 10.2. The minimum absolute atomic E-state index is 0.0167. The van der Waals surface area contributed by atoms with E-state index in [1.165, 1.54) is 12.1 Å². The number of phenolic OH excluding ortho intramolecular Hbond substituents is 1. The molecule has 3 aromatic rings. The maximum absolute atomic E-state index is 15.1. The molecule has 0 saturated heterocycles. The van der Waals surface area contributed by atoms with Crippen molar-refractivity contribution in [2.45, 2.75) is 38.7 Å². The van der Waals surface area contributed by atoms with Gasteiger partial charge in [-0.05, 0) is 36.1 Å². The third-order valence-electron chi connectivity index (χ3n) is 4.93. The number of hydrogen-bond acceptors (Lipinski definition) is 3. The van der Waals surface area contributed by atoms with Gasteiger partial charge in [-0.25, -0.2) is 13.2 Å². The van der Waals surface area contributed by atoms with Crippen molar-refractivity contribution in [1.29, 1.82) is 0 Å². The molecule has 0 aromatic heterocycles. The highest BCUT2D eigenvalue weighted by molar-refractivity contribution is 5.72. The molecule has 0 fully saturated rings. The zero-order valence-electron chi connectivity index (χ0n) is 18.0. The molecule has 0 aliphatic heterocycles. The topological polar surface area (TPSA) is 38.7 Å². The Kier molecular flexibility index (Phi) is 7.47. The van der Waals surface area contributed by atoms with Gasteiger partial charge in [-0.2, -0.15) is 8.78 Å². The van der Waals surface area contributed by atoms with Gasteiger partial charge in [0.2, 0.25) is 0 Å². The lowest BCUT2D eigenvalue weighted by atomic mass is 9.97. The van der Waals surface area contributed by atoms with E-state index in [-0.39, 0.29) is 17.7 Å². The molecule has 3 nitrogen and oxygen atoms in total. The summed E-state index contributed by atoms with van der Waals surface area (Å²) in [5, 5.41) is 10.1. The molecule has 0 unspecified atom stereocenters. The number of rotatable bonds is 8. The zero-order chi connectivity index (χ0) is 26.0. The molecule has 1 N–H and O–H groups in total. The highest BCUT2D eigenvalue weighted by atomic mass is 19.4. The summed E-state index contributed by atoms with van der Waals surface area (Å²) in [4.78, 5) is 0. The van der Waals surface area contributed by atoms with Gasteiger partial charge in [0.15, 0.2) is 17.4 Å². The number of ether oxygens (including phenoxy) is 2. The molecule has 3 rings (SSSR count). The first-order chi connectivity index (χ1) is 16.3. The fraction of sp³-hybridized carbons (Fsp3) is 0.250. The molecule has 3 aromatic carbocycles. The molecule has 0 radical (unpaired) electrons. The van der Waals surface area contributed by atoms with Gasteiger partial charge in [0.05, 0.1) is 5.56 Å². The largest absolute Gasteiger partial charge is 0.573 e. The monoisotopic (exact) mass is 506 g/mol. The molecule has 0 bridgehead atoms. The number of aromatic hydroxyl groups is 1. The zero-order valence-corrected chi connectivity index (χ0v) is 18.0. The van der Waals surface area contributed by atoms with Crippen LogP contribution in [0.25, 0.3) is 11.1 Å². The number of unbranched alkanes of at least 4 members (excludes halogenated alkanes) is 1. The number of alkyl halides is 5. The van der Waals surface area contributed by atoms with Crippen LogP contribution in [0.4, 0.5) is 35.1 Å². The summed E-state index contributed by atoms with van der Waals surface area (Å²) >= 11 is 0. The SMILES string of the molecule is CCCCc1ccc(-c2c(O)cc(F)c(C(F)(F)Oc3ccc(OC(F)(F)F)c(F)c3)c2F)cc1. The summed E-state index contributed by atoms with van der Waals surface area (Å²) < 4.78 is 117. The Labute approximate surface area is 194 Å².